The number of benzene rings is 2. The highest BCUT2D eigenvalue weighted by molar-refractivity contribution is 6.07. The van der Waals surface area contributed by atoms with Crippen molar-refractivity contribution in [3.05, 3.63) is 77.6 Å². The summed E-state index contributed by atoms with van der Waals surface area (Å²) in [7, 11) is 1.73. The molecular weight excluding hydrogens is 318 g/mol. The number of ether oxygens (including phenoxy) is 1. The van der Waals surface area contributed by atoms with Gasteiger partial charge in [-0.05, 0) is 31.2 Å². The van der Waals surface area contributed by atoms with Crippen molar-refractivity contribution in [2.45, 2.75) is 6.92 Å². The lowest BCUT2D eigenvalue weighted by Gasteiger charge is -2.10. The van der Waals surface area contributed by atoms with Gasteiger partial charge < -0.3 is 10.1 Å². The van der Waals surface area contributed by atoms with Gasteiger partial charge in [-0.2, -0.15) is 5.10 Å². The Morgan fingerprint density at radius 2 is 1.68 bits per heavy atom. The summed E-state index contributed by atoms with van der Waals surface area (Å²) in [6, 6.07) is 15.7. The van der Waals surface area contributed by atoms with Crippen molar-refractivity contribution < 1.29 is 14.3 Å². The number of esters is 1. The Balaban J connectivity index is 1.82. The Morgan fingerprint density at radius 1 is 1.00 bits per heavy atom. The van der Waals surface area contributed by atoms with Crippen LogP contribution < -0.4 is 10.1 Å². The molecular formula is C19H17N3O3. The van der Waals surface area contributed by atoms with Crippen LogP contribution in [0, 0.1) is 6.92 Å². The summed E-state index contributed by atoms with van der Waals surface area (Å²) in [6.45, 7) is 1.73. The summed E-state index contributed by atoms with van der Waals surface area (Å²) < 4.78 is 6.97. The molecule has 0 aliphatic rings. The van der Waals surface area contributed by atoms with Crippen LogP contribution in [-0.4, -0.2) is 21.7 Å². The lowest BCUT2D eigenvalue weighted by Crippen LogP contribution is -2.16. The summed E-state index contributed by atoms with van der Waals surface area (Å²) in [5.41, 5.74) is 1.87. The minimum Gasteiger partial charge on any atom is -0.422 e. The third-order valence-corrected chi connectivity index (χ3v) is 3.60. The molecule has 0 unspecified atom stereocenters. The highest BCUT2D eigenvalue weighted by Crippen LogP contribution is 2.21. The zero-order chi connectivity index (χ0) is 17.8. The SMILES string of the molecule is Cc1nn(C)cc1C(=O)Oc1ccccc1C(=O)Nc1ccccc1. The number of hydrogen-bond donors (Lipinski definition) is 1. The van der Waals surface area contributed by atoms with E-state index in [1.807, 2.05) is 18.2 Å². The van der Waals surface area contributed by atoms with Crippen LogP contribution in [0.4, 0.5) is 5.69 Å². The third-order valence-electron chi connectivity index (χ3n) is 3.60. The van der Waals surface area contributed by atoms with E-state index in [0.717, 1.165) is 0 Å². The van der Waals surface area contributed by atoms with Crippen LogP contribution in [0.25, 0.3) is 0 Å². The number of carbonyl (C=O) groups is 2. The zero-order valence-electron chi connectivity index (χ0n) is 13.9. The van der Waals surface area contributed by atoms with Gasteiger partial charge in [-0.15, -0.1) is 0 Å². The maximum Gasteiger partial charge on any atom is 0.347 e. The second-order valence-corrected chi connectivity index (χ2v) is 5.51. The molecule has 0 spiro atoms. The van der Waals surface area contributed by atoms with Crippen LogP contribution >= 0.6 is 0 Å². The van der Waals surface area contributed by atoms with E-state index >= 15 is 0 Å². The molecule has 1 heterocycles. The first-order valence-electron chi connectivity index (χ1n) is 7.72. The fraction of sp³-hybridized carbons (Fsp3) is 0.105. The van der Waals surface area contributed by atoms with E-state index in [-0.39, 0.29) is 17.2 Å². The lowest BCUT2D eigenvalue weighted by atomic mass is 10.1. The van der Waals surface area contributed by atoms with E-state index < -0.39 is 5.97 Å². The molecule has 0 bridgehead atoms. The molecule has 25 heavy (non-hydrogen) atoms. The van der Waals surface area contributed by atoms with Gasteiger partial charge in [0.25, 0.3) is 5.91 Å². The van der Waals surface area contributed by atoms with Crippen LogP contribution in [0.1, 0.15) is 26.4 Å². The summed E-state index contributed by atoms with van der Waals surface area (Å²) in [5, 5.41) is 6.90. The predicted octanol–water partition coefficient (Wildman–Crippen LogP) is 3.20. The first-order valence-corrected chi connectivity index (χ1v) is 7.72. The molecule has 6 nitrogen and oxygen atoms in total. The number of anilines is 1. The fourth-order valence-corrected chi connectivity index (χ4v) is 2.42. The average Bonchev–Trinajstić information content (AvgIpc) is 2.94. The monoisotopic (exact) mass is 335 g/mol. The van der Waals surface area contributed by atoms with Crippen LogP contribution in [0.5, 0.6) is 5.75 Å². The molecule has 0 saturated carbocycles. The maximum atomic E-state index is 12.5. The Labute approximate surface area is 145 Å². The topological polar surface area (TPSA) is 73.2 Å². The van der Waals surface area contributed by atoms with E-state index in [2.05, 4.69) is 10.4 Å². The molecule has 3 aromatic rings. The van der Waals surface area contributed by atoms with Gasteiger partial charge in [-0.3, -0.25) is 9.48 Å². The van der Waals surface area contributed by atoms with Gasteiger partial charge >= 0.3 is 5.97 Å². The first kappa shape index (κ1) is 16.4. The van der Waals surface area contributed by atoms with Gasteiger partial charge in [0, 0.05) is 18.9 Å². The lowest BCUT2D eigenvalue weighted by molar-refractivity contribution is 0.0732. The predicted molar refractivity (Wildman–Crippen MR) is 93.7 cm³/mol. The number of rotatable bonds is 4. The normalized spacial score (nSPS) is 10.3. The molecule has 0 aliphatic heterocycles. The number of nitrogens with one attached hydrogen (secondary N) is 1. The van der Waals surface area contributed by atoms with Gasteiger partial charge in [0.2, 0.25) is 0 Å². The minimum absolute atomic E-state index is 0.198. The number of aromatic nitrogens is 2. The summed E-state index contributed by atoms with van der Waals surface area (Å²) in [4.78, 5) is 24.9. The number of para-hydroxylation sites is 2. The van der Waals surface area contributed by atoms with E-state index in [9.17, 15) is 9.59 Å². The molecule has 0 radical (unpaired) electrons. The number of carbonyl (C=O) groups excluding carboxylic acids is 2. The molecule has 0 atom stereocenters. The van der Waals surface area contributed by atoms with Gasteiger partial charge in [0.15, 0.2) is 0 Å². The molecule has 126 valence electrons. The van der Waals surface area contributed by atoms with Crippen molar-refractivity contribution in [3.8, 4) is 5.75 Å². The number of nitrogens with zero attached hydrogens (tertiary/aromatic N) is 2. The van der Waals surface area contributed by atoms with E-state index in [1.165, 1.54) is 0 Å². The highest BCUT2D eigenvalue weighted by atomic mass is 16.5. The van der Waals surface area contributed by atoms with Crippen LogP contribution in [0.2, 0.25) is 0 Å². The summed E-state index contributed by atoms with van der Waals surface area (Å²) in [6.07, 6.45) is 1.59. The van der Waals surface area contributed by atoms with Crippen LogP contribution in [0.15, 0.2) is 60.8 Å². The Kier molecular flexibility index (Phi) is 4.61. The molecule has 1 aromatic heterocycles. The smallest absolute Gasteiger partial charge is 0.347 e. The summed E-state index contributed by atoms with van der Waals surface area (Å²) >= 11 is 0. The molecule has 1 N–H and O–H groups in total. The van der Waals surface area contributed by atoms with Crippen molar-refractivity contribution in [2.24, 2.45) is 7.05 Å². The van der Waals surface area contributed by atoms with E-state index in [4.69, 9.17) is 4.74 Å². The quantitative estimate of drug-likeness (QED) is 0.587. The summed E-state index contributed by atoms with van der Waals surface area (Å²) in [5.74, 6) is -0.702. The zero-order valence-corrected chi connectivity index (χ0v) is 13.9. The van der Waals surface area contributed by atoms with Crippen molar-refractivity contribution in [3.63, 3.8) is 0 Å². The second kappa shape index (κ2) is 7.00. The van der Waals surface area contributed by atoms with Crippen molar-refractivity contribution in [1.29, 1.82) is 0 Å². The van der Waals surface area contributed by atoms with Gasteiger partial charge in [-0.1, -0.05) is 30.3 Å². The minimum atomic E-state index is -0.550. The first-order chi connectivity index (χ1) is 12.0. The molecule has 0 fully saturated rings. The highest BCUT2D eigenvalue weighted by Gasteiger charge is 2.19. The molecule has 6 heteroatoms. The van der Waals surface area contributed by atoms with E-state index in [0.29, 0.717) is 16.9 Å². The third kappa shape index (κ3) is 3.74. The van der Waals surface area contributed by atoms with E-state index in [1.54, 1.807) is 61.2 Å². The van der Waals surface area contributed by atoms with Gasteiger partial charge in [0.1, 0.15) is 11.3 Å². The molecule has 0 saturated heterocycles. The number of amides is 1. The number of hydrogen-bond acceptors (Lipinski definition) is 4. The molecule has 0 aliphatic carbocycles. The second-order valence-electron chi connectivity index (χ2n) is 5.51. The molecule has 2 aromatic carbocycles. The molecule has 3 rings (SSSR count). The fourth-order valence-electron chi connectivity index (χ4n) is 2.42. The standard InChI is InChI=1S/C19H17N3O3/c1-13-16(12-22(2)21-13)19(24)25-17-11-7-6-10-15(17)18(23)20-14-8-4-3-5-9-14/h3-12H,1-2H3,(H,20,23). The maximum absolute atomic E-state index is 12.5. The average molecular weight is 335 g/mol. The Morgan fingerprint density at radius 3 is 2.36 bits per heavy atom. The molecule has 1 amide bonds. The van der Waals surface area contributed by atoms with Crippen LogP contribution in [-0.2, 0) is 7.05 Å². The van der Waals surface area contributed by atoms with Crippen molar-refractivity contribution >= 4 is 17.6 Å². The largest absolute Gasteiger partial charge is 0.422 e. The van der Waals surface area contributed by atoms with Crippen molar-refractivity contribution in [1.82, 2.24) is 9.78 Å². The number of aryl methyl sites for hydroxylation is 2. The van der Waals surface area contributed by atoms with Crippen molar-refractivity contribution in [2.75, 3.05) is 5.32 Å². The Hall–Kier alpha value is -3.41. The van der Waals surface area contributed by atoms with Gasteiger partial charge in [0.05, 0.1) is 11.3 Å². The Bertz CT molecular complexity index is 917. The van der Waals surface area contributed by atoms with Crippen LogP contribution in [0.3, 0.4) is 0 Å². The van der Waals surface area contributed by atoms with Gasteiger partial charge in [-0.25, -0.2) is 4.79 Å².